The van der Waals surface area contributed by atoms with E-state index in [2.05, 4.69) is 10.2 Å². The van der Waals surface area contributed by atoms with Gasteiger partial charge in [0.2, 0.25) is 0 Å². The van der Waals surface area contributed by atoms with Gasteiger partial charge in [0.25, 0.3) is 10.8 Å². The van der Waals surface area contributed by atoms with Gasteiger partial charge in [-0.3, -0.25) is 10.1 Å². The summed E-state index contributed by atoms with van der Waals surface area (Å²) in [4.78, 5) is 51.2. The summed E-state index contributed by atoms with van der Waals surface area (Å²) in [6.45, 7) is 5.80. The summed E-state index contributed by atoms with van der Waals surface area (Å²) in [6, 6.07) is 5.51. The number of nitro benzene ring substituents is 1. The van der Waals surface area contributed by atoms with E-state index in [-0.39, 0.29) is 39.7 Å². The zero-order valence-corrected chi connectivity index (χ0v) is 17.9. The molecule has 12 heteroatoms. The number of para-hydroxylation sites is 1. The first-order chi connectivity index (χ1) is 15.0. The second kappa shape index (κ2) is 9.90. The summed E-state index contributed by atoms with van der Waals surface area (Å²) in [7, 11) is 0. The number of benzene rings is 1. The molecule has 1 aliphatic heterocycles. The minimum Gasteiger partial charge on any atom is -0.478 e. The Morgan fingerprint density at radius 2 is 1.72 bits per heavy atom. The van der Waals surface area contributed by atoms with Gasteiger partial charge < -0.3 is 20.0 Å². The van der Waals surface area contributed by atoms with E-state index in [4.69, 9.17) is 4.74 Å². The molecule has 2 rings (SSSR count). The third kappa shape index (κ3) is 5.20. The summed E-state index contributed by atoms with van der Waals surface area (Å²) < 4.78 is 5.24. The number of aliphatic carboxylic acids is 1. The molecule has 0 spiro atoms. The highest BCUT2D eigenvalue weighted by molar-refractivity contribution is 5.99. The number of nitrogens with zero attached hydrogens (tertiary/aromatic N) is 2. The molecular formula is C20H23N3O9. The van der Waals surface area contributed by atoms with Crippen LogP contribution in [-0.4, -0.2) is 39.8 Å². The molecule has 0 saturated carbocycles. The number of carbonyl (C=O) groups excluding carboxylic acids is 1. The number of esters is 1. The molecule has 0 aromatic heterocycles. The van der Waals surface area contributed by atoms with Gasteiger partial charge in [-0.2, -0.15) is 0 Å². The molecule has 1 heterocycles. The van der Waals surface area contributed by atoms with Crippen molar-refractivity contribution < 1.29 is 34.3 Å². The lowest BCUT2D eigenvalue weighted by molar-refractivity contribution is -0.770. The normalized spacial score (nSPS) is 17.0. The molecule has 1 aromatic carbocycles. The van der Waals surface area contributed by atoms with Crippen LogP contribution in [0.25, 0.3) is 0 Å². The lowest BCUT2D eigenvalue weighted by Gasteiger charge is -2.29. The van der Waals surface area contributed by atoms with E-state index in [1.54, 1.807) is 13.8 Å². The van der Waals surface area contributed by atoms with Crippen molar-refractivity contribution >= 4 is 17.6 Å². The Morgan fingerprint density at radius 3 is 2.25 bits per heavy atom. The van der Waals surface area contributed by atoms with Crippen molar-refractivity contribution in [2.24, 2.45) is 5.92 Å². The highest BCUT2D eigenvalue weighted by Crippen LogP contribution is 2.42. The number of ether oxygens (including phenoxy) is 1. The van der Waals surface area contributed by atoms with Crippen molar-refractivity contribution in [3.05, 3.63) is 72.6 Å². The van der Waals surface area contributed by atoms with Crippen LogP contribution in [0.1, 0.15) is 39.2 Å². The van der Waals surface area contributed by atoms with E-state index in [9.17, 15) is 34.9 Å². The number of carboxylic acid groups (broad SMARTS) is 1. The zero-order chi connectivity index (χ0) is 24.2. The van der Waals surface area contributed by atoms with E-state index in [0.717, 1.165) is 0 Å². The van der Waals surface area contributed by atoms with Gasteiger partial charge in [0.1, 0.15) is 12.7 Å². The van der Waals surface area contributed by atoms with Crippen molar-refractivity contribution in [2.45, 2.75) is 39.7 Å². The van der Waals surface area contributed by atoms with Crippen molar-refractivity contribution in [1.82, 2.24) is 5.32 Å². The molecule has 0 saturated heterocycles. The molecule has 0 radical (unpaired) electrons. The molecule has 2 atom stereocenters. The Bertz CT molecular complexity index is 1010. The number of rotatable bonds is 9. The predicted molar refractivity (Wildman–Crippen MR) is 110 cm³/mol. The molecule has 0 amide bonds. The van der Waals surface area contributed by atoms with Gasteiger partial charge in [0, 0.05) is 23.0 Å². The monoisotopic (exact) mass is 449 g/mol. The van der Waals surface area contributed by atoms with E-state index in [1.807, 2.05) is 0 Å². The largest absolute Gasteiger partial charge is 0.478 e. The highest BCUT2D eigenvalue weighted by Gasteiger charge is 2.40. The van der Waals surface area contributed by atoms with Crippen LogP contribution >= 0.6 is 0 Å². The molecule has 0 bridgehead atoms. The fourth-order valence-corrected chi connectivity index (χ4v) is 3.45. The Morgan fingerprint density at radius 1 is 1.12 bits per heavy atom. The first-order valence-corrected chi connectivity index (χ1v) is 9.59. The first kappa shape index (κ1) is 24.3. The molecule has 1 aliphatic rings. The van der Waals surface area contributed by atoms with Gasteiger partial charge in [-0.1, -0.05) is 32.0 Å². The van der Waals surface area contributed by atoms with Crippen LogP contribution in [-0.2, 0) is 19.2 Å². The third-order valence-corrected chi connectivity index (χ3v) is 5.00. The molecule has 0 fully saturated rings. The molecule has 0 aliphatic carbocycles. The van der Waals surface area contributed by atoms with E-state index in [0.29, 0.717) is 0 Å². The van der Waals surface area contributed by atoms with Gasteiger partial charge in [-0.15, -0.1) is 10.1 Å². The zero-order valence-electron chi connectivity index (χ0n) is 17.9. The average Bonchev–Trinajstić information content (AvgIpc) is 2.69. The summed E-state index contributed by atoms with van der Waals surface area (Å²) in [6.07, 6.45) is -1.05. The summed E-state index contributed by atoms with van der Waals surface area (Å²) in [5, 5.41) is 33.9. The maximum atomic E-state index is 13.0. The molecule has 12 nitrogen and oxygen atoms in total. The lowest BCUT2D eigenvalue weighted by atomic mass is 9.79. The van der Waals surface area contributed by atoms with Crippen LogP contribution in [0.5, 0.6) is 0 Å². The maximum Gasteiger partial charge on any atom is 0.336 e. The van der Waals surface area contributed by atoms with Crippen LogP contribution in [0.3, 0.4) is 0 Å². The Hall–Kier alpha value is -3.96. The summed E-state index contributed by atoms with van der Waals surface area (Å²) in [5.41, 5.74) is -0.294. The number of hydrogen-bond donors (Lipinski definition) is 2. The van der Waals surface area contributed by atoms with Crippen molar-refractivity contribution in [2.75, 3.05) is 6.61 Å². The van der Waals surface area contributed by atoms with Gasteiger partial charge in [-0.25, -0.2) is 9.59 Å². The molecule has 2 unspecified atom stereocenters. The minimum absolute atomic E-state index is 0.00370. The van der Waals surface area contributed by atoms with Gasteiger partial charge >= 0.3 is 11.9 Å². The average molecular weight is 449 g/mol. The number of hydrogen-bond acceptors (Lipinski definition) is 9. The standard InChI is InChI=1S/C20H23N3O9/c1-10(2)15(32-23(29)30)9-31-20(26)17-12(4)21-11(3)16(19(24)25)18(17)13-7-5-6-8-14(13)22(27)28/h5-8,10,15,18,21H,9H2,1-4H3,(H,24,25). The number of dihydropyridines is 1. The number of nitro groups is 1. The van der Waals surface area contributed by atoms with Gasteiger partial charge in [0.15, 0.2) is 0 Å². The van der Waals surface area contributed by atoms with Crippen LogP contribution in [0.2, 0.25) is 0 Å². The summed E-state index contributed by atoms with van der Waals surface area (Å²) >= 11 is 0. The van der Waals surface area contributed by atoms with Crippen LogP contribution in [0.4, 0.5) is 5.69 Å². The second-order valence-corrected chi connectivity index (χ2v) is 7.47. The van der Waals surface area contributed by atoms with E-state index < -0.39 is 40.6 Å². The highest BCUT2D eigenvalue weighted by atomic mass is 17.0. The lowest BCUT2D eigenvalue weighted by Crippen LogP contribution is -2.34. The maximum absolute atomic E-state index is 13.0. The van der Waals surface area contributed by atoms with Crippen LogP contribution < -0.4 is 5.32 Å². The fraction of sp³-hybridized carbons (Fsp3) is 0.400. The number of nitrogens with one attached hydrogen (secondary N) is 1. The van der Waals surface area contributed by atoms with E-state index >= 15 is 0 Å². The van der Waals surface area contributed by atoms with Crippen molar-refractivity contribution in [3.63, 3.8) is 0 Å². The molecule has 2 N–H and O–H groups in total. The smallest absolute Gasteiger partial charge is 0.336 e. The number of carboxylic acids is 1. The number of carbonyl (C=O) groups is 2. The molecule has 32 heavy (non-hydrogen) atoms. The number of allylic oxidation sites excluding steroid dienone is 2. The van der Waals surface area contributed by atoms with Crippen LogP contribution in [0.15, 0.2) is 46.8 Å². The topological polar surface area (TPSA) is 171 Å². The summed E-state index contributed by atoms with van der Waals surface area (Å²) in [5.74, 6) is -4.00. The minimum atomic E-state index is -1.37. The Kier molecular flexibility index (Phi) is 7.52. The van der Waals surface area contributed by atoms with Crippen molar-refractivity contribution in [3.8, 4) is 0 Å². The van der Waals surface area contributed by atoms with Crippen molar-refractivity contribution in [1.29, 1.82) is 0 Å². The SMILES string of the molecule is CC1=C(C(=O)O)C(c2ccccc2[N+](=O)[O-])C(C(=O)OCC(O[N+](=O)[O-])C(C)C)=C(C)N1. The second-order valence-electron chi connectivity index (χ2n) is 7.47. The van der Waals surface area contributed by atoms with Gasteiger partial charge in [-0.05, 0) is 19.8 Å². The van der Waals surface area contributed by atoms with E-state index in [1.165, 1.54) is 38.1 Å². The van der Waals surface area contributed by atoms with Crippen LogP contribution in [0, 0.1) is 26.1 Å². The predicted octanol–water partition coefficient (Wildman–Crippen LogP) is 2.69. The Balaban J connectivity index is 2.53. The molecule has 172 valence electrons. The first-order valence-electron chi connectivity index (χ1n) is 9.59. The Labute approximate surface area is 182 Å². The third-order valence-electron chi connectivity index (χ3n) is 5.00. The molecule has 1 aromatic rings. The quantitative estimate of drug-likeness (QED) is 0.324. The van der Waals surface area contributed by atoms with Gasteiger partial charge in [0.05, 0.1) is 22.0 Å². The fourth-order valence-electron chi connectivity index (χ4n) is 3.45. The molecular weight excluding hydrogens is 426 g/mol.